The highest BCUT2D eigenvalue weighted by Crippen LogP contribution is 2.28. The third-order valence-corrected chi connectivity index (χ3v) is 6.24. The number of aryl methyl sites for hydroxylation is 1. The van der Waals surface area contributed by atoms with Crippen LogP contribution in [0.3, 0.4) is 0 Å². The summed E-state index contributed by atoms with van der Waals surface area (Å²) in [6, 6.07) is 11.9. The third-order valence-electron chi connectivity index (χ3n) is 4.00. The molecule has 10 heteroatoms. The number of thioether (sulfide) groups is 1. The Bertz CT molecular complexity index is 1270. The number of hydrogen-bond acceptors (Lipinski definition) is 7. The van der Waals surface area contributed by atoms with Gasteiger partial charge in [-0.25, -0.2) is 4.98 Å². The largest absolute Gasteiger partial charge is 0.296 e. The van der Waals surface area contributed by atoms with Crippen molar-refractivity contribution < 1.29 is 4.79 Å². The maximum absolute atomic E-state index is 12.3. The lowest BCUT2D eigenvalue weighted by Gasteiger charge is -2.05. The van der Waals surface area contributed by atoms with Crippen molar-refractivity contribution in [2.45, 2.75) is 17.0 Å². The number of anilines is 1. The number of pyridine rings is 1. The smallest absolute Gasteiger partial charge is 0.258 e. The fraction of sp³-hybridized carbons (Fsp3) is 0.105. The van der Waals surface area contributed by atoms with E-state index in [0.29, 0.717) is 37.2 Å². The van der Waals surface area contributed by atoms with Gasteiger partial charge in [0.25, 0.3) is 11.5 Å². The normalized spacial score (nSPS) is 11.0. The van der Waals surface area contributed by atoms with E-state index in [4.69, 9.17) is 11.6 Å². The van der Waals surface area contributed by atoms with E-state index < -0.39 is 0 Å². The van der Waals surface area contributed by atoms with Crippen LogP contribution in [0.1, 0.15) is 21.6 Å². The molecule has 29 heavy (non-hydrogen) atoms. The molecule has 1 N–H and O–H groups in total. The lowest BCUT2D eigenvalue weighted by Crippen LogP contribution is -2.15. The molecule has 146 valence electrons. The van der Waals surface area contributed by atoms with Gasteiger partial charge in [-0.1, -0.05) is 46.8 Å². The van der Waals surface area contributed by atoms with Gasteiger partial charge in [-0.2, -0.15) is 0 Å². The van der Waals surface area contributed by atoms with Crippen LogP contribution in [0.25, 0.3) is 5.65 Å². The fourth-order valence-electron chi connectivity index (χ4n) is 2.64. The zero-order valence-electron chi connectivity index (χ0n) is 15.1. The SMILES string of the molecule is Cc1cccn2c(=O)cc(CSc3nnc(NC(=O)c4cccc(Cl)c4)s3)nc12. The van der Waals surface area contributed by atoms with E-state index in [2.05, 4.69) is 20.5 Å². The average Bonchev–Trinajstić information content (AvgIpc) is 3.14. The molecule has 0 aliphatic rings. The molecule has 3 aromatic heterocycles. The zero-order valence-corrected chi connectivity index (χ0v) is 17.5. The van der Waals surface area contributed by atoms with Crippen LogP contribution in [-0.2, 0) is 5.75 Å². The van der Waals surface area contributed by atoms with Gasteiger partial charge in [0.05, 0.1) is 5.69 Å². The van der Waals surface area contributed by atoms with Crippen molar-refractivity contribution in [1.29, 1.82) is 0 Å². The predicted molar refractivity (Wildman–Crippen MR) is 115 cm³/mol. The van der Waals surface area contributed by atoms with Crippen LogP contribution in [0.4, 0.5) is 5.13 Å². The fourth-order valence-corrected chi connectivity index (χ4v) is 4.47. The molecule has 3 heterocycles. The molecule has 0 saturated heterocycles. The summed E-state index contributed by atoms with van der Waals surface area (Å²) < 4.78 is 2.19. The van der Waals surface area contributed by atoms with Gasteiger partial charge in [-0.3, -0.25) is 19.3 Å². The minimum Gasteiger partial charge on any atom is -0.296 e. The summed E-state index contributed by atoms with van der Waals surface area (Å²) in [5.41, 5.74) is 2.55. The van der Waals surface area contributed by atoms with Crippen molar-refractivity contribution in [3.63, 3.8) is 0 Å². The van der Waals surface area contributed by atoms with Crippen LogP contribution in [0, 0.1) is 6.92 Å². The Morgan fingerprint density at radius 2 is 2.10 bits per heavy atom. The number of carbonyl (C=O) groups excluding carboxylic acids is 1. The van der Waals surface area contributed by atoms with Gasteiger partial charge in [0.2, 0.25) is 5.13 Å². The van der Waals surface area contributed by atoms with Crippen molar-refractivity contribution in [2.75, 3.05) is 5.32 Å². The van der Waals surface area contributed by atoms with E-state index in [1.54, 1.807) is 30.5 Å². The molecule has 0 fully saturated rings. The Morgan fingerprint density at radius 1 is 1.24 bits per heavy atom. The monoisotopic (exact) mass is 443 g/mol. The number of hydrogen-bond donors (Lipinski definition) is 1. The first-order valence-corrected chi connectivity index (χ1v) is 10.7. The molecule has 0 atom stereocenters. The van der Waals surface area contributed by atoms with Gasteiger partial charge in [0, 0.05) is 28.6 Å². The second kappa shape index (κ2) is 8.32. The lowest BCUT2D eigenvalue weighted by molar-refractivity contribution is 0.102. The van der Waals surface area contributed by atoms with E-state index in [-0.39, 0.29) is 11.5 Å². The highest BCUT2D eigenvalue weighted by atomic mass is 35.5. The number of amides is 1. The average molecular weight is 444 g/mol. The van der Waals surface area contributed by atoms with Gasteiger partial charge in [-0.15, -0.1) is 10.2 Å². The van der Waals surface area contributed by atoms with Crippen LogP contribution in [0.2, 0.25) is 5.02 Å². The third kappa shape index (κ3) is 4.47. The van der Waals surface area contributed by atoms with Gasteiger partial charge in [0.15, 0.2) is 4.34 Å². The zero-order chi connectivity index (χ0) is 20.4. The summed E-state index contributed by atoms with van der Waals surface area (Å²) in [6.07, 6.45) is 1.70. The first-order valence-electron chi connectivity index (χ1n) is 8.51. The maximum atomic E-state index is 12.3. The molecule has 0 unspecified atom stereocenters. The molecule has 0 radical (unpaired) electrons. The molecule has 4 aromatic rings. The van der Waals surface area contributed by atoms with E-state index in [9.17, 15) is 9.59 Å². The highest BCUT2D eigenvalue weighted by molar-refractivity contribution is 8.00. The summed E-state index contributed by atoms with van der Waals surface area (Å²) in [7, 11) is 0. The number of nitrogens with zero attached hydrogens (tertiary/aromatic N) is 4. The van der Waals surface area contributed by atoms with Crippen LogP contribution in [0.5, 0.6) is 0 Å². The molecule has 0 spiro atoms. The van der Waals surface area contributed by atoms with Crippen LogP contribution in [-0.4, -0.2) is 25.5 Å². The van der Waals surface area contributed by atoms with Crippen molar-refractivity contribution >= 4 is 51.4 Å². The van der Waals surface area contributed by atoms with Crippen molar-refractivity contribution in [3.8, 4) is 0 Å². The number of rotatable bonds is 5. The lowest BCUT2D eigenvalue weighted by atomic mass is 10.2. The standard InChI is InChI=1S/C19H14ClN5O2S2/c1-11-4-3-7-25-15(26)9-14(21-16(11)25)10-28-19-24-23-18(29-19)22-17(27)12-5-2-6-13(20)8-12/h2-9H,10H2,1H3,(H,22,23,27). The van der Waals surface area contributed by atoms with Gasteiger partial charge >= 0.3 is 0 Å². The Kier molecular flexibility index (Phi) is 5.61. The minimum absolute atomic E-state index is 0.124. The molecule has 7 nitrogen and oxygen atoms in total. The molecule has 1 aromatic carbocycles. The number of carbonyl (C=O) groups is 1. The van der Waals surface area contributed by atoms with Crippen LogP contribution >= 0.6 is 34.7 Å². The Morgan fingerprint density at radius 3 is 2.93 bits per heavy atom. The Labute approximate surface area is 178 Å². The first-order chi connectivity index (χ1) is 14.0. The van der Waals surface area contributed by atoms with Crippen LogP contribution in [0.15, 0.2) is 57.8 Å². The molecular weight excluding hydrogens is 430 g/mol. The minimum atomic E-state index is -0.306. The molecule has 4 rings (SSSR count). The number of benzene rings is 1. The van der Waals surface area contributed by atoms with E-state index in [0.717, 1.165) is 5.56 Å². The number of fused-ring (bicyclic) bond motifs is 1. The van der Waals surface area contributed by atoms with E-state index >= 15 is 0 Å². The first kappa shape index (κ1) is 19.6. The van der Waals surface area contributed by atoms with Crippen molar-refractivity contribution in [3.05, 3.63) is 80.9 Å². The summed E-state index contributed by atoms with van der Waals surface area (Å²) in [6.45, 7) is 1.91. The molecule has 0 aliphatic carbocycles. The molecule has 0 saturated carbocycles. The second-order valence-corrected chi connectivity index (χ2v) is 8.73. The summed E-state index contributed by atoms with van der Waals surface area (Å²) in [4.78, 5) is 29.1. The predicted octanol–water partition coefficient (Wildman–Crippen LogP) is 4.05. The number of halogens is 1. The highest BCUT2D eigenvalue weighted by Gasteiger charge is 2.12. The van der Waals surface area contributed by atoms with Gasteiger partial charge in [0.1, 0.15) is 5.65 Å². The Hall–Kier alpha value is -2.75. The molecule has 1 amide bonds. The molecular formula is C19H14ClN5O2S2. The van der Waals surface area contributed by atoms with Crippen LogP contribution < -0.4 is 10.9 Å². The van der Waals surface area contributed by atoms with Crippen molar-refractivity contribution in [2.24, 2.45) is 0 Å². The molecule has 0 aliphatic heterocycles. The summed E-state index contributed by atoms with van der Waals surface area (Å²) >= 11 is 8.57. The number of nitrogens with one attached hydrogen (secondary N) is 1. The maximum Gasteiger partial charge on any atom is 0.258 e. The number of aromatic nitrogens is 4. The summed E-state index contributed by atoms with van der Waals surface area (Å²) in [5, 5.41) is 11.7. The quantitative estimate of drug-likeness (QED) is 0.369. The van der Waals surface area contributed by atoms with Gasteiger partial charge in [-0.05, 0) is 36.8 Å². The van der Waals surface area contributed by atoms with E-state index in [1.807, 2.05) is 19.1 Å². The molecule has 0 bridgehead atoms. The second-order valence-electron chi connectivity index (χ2n) is 6.10. The Balaban J connectivity index is 1.45. The summed E-state index contributed by atoms with van der Waals surface area (Å²) in [5.74, 6) is 0.164. The van der Waals surface area contributed by atoms with E-state index in [1.165, 1.54) is 33.6 Å². The topological polar surface area (TPSA) is 89.3 Å². The van der Waals surface area contributed by atoms with Gasteiger partial charge < -0.3 is 0 Å². The van der Waals surface area contributed by atoms with Crippen molar-refractivity contribution in [1.82, 2.24) is 19.6 Å².